The van der Waals surface area contributed by atoms with Crippen LogP contribution in [0.2, 0.25) is 0 Å². The summed E-state index contributed by atoms with van der Waals surface area (Å²) in [5, 5.41) is 5.77. The lowest BCUT2D eigenvalue weighted by atomic mass is 10.1. The number of rotatable bonds is 7. The van der Waals surface area contributed by atoms with Crippen LogP contribution in [-0.4, -0.2) is 23.7 Å². The fourth-order valence-electron chi connectivity index (χ4n) is 1.50. The van der Waals surface area contributed by atoms with E-state index in [9.17, 15) is 13.6 Å². The third-order valence-electron chi connectivity index (χ3n) is 2.17. The van der Waals surface area contributed by atoms with Crippen molar-refractivity contribution in [3.05, 3.63) is 23.7 Å². The molecule has 0 spiro atoms. The molecule has 2 N–H and O–H groups in total. The Labute approximate surface area is 121 Å². The molecule has 0 atom stereocenters. The number of hydrogen-bond donors (Lipinski definition) is 2. The normalized spacial score (nSPS) is 11.9. The third-order valence-corrected chi connectivity index (χ3v) is 2.87. The van der Waals surface area contributed by atoms with Gasteiger partial charge in [0.2, 0.25) is 5.91 Å². The first-order valence-corrected chi connectivity index (χ1v) is 7.30. The van der Waals surface area contributed by atoms with E-state index in [0.29, 0.717) is 29.8 Å². The van der Waals surface area contributed by atoms with Crippen LogP contribution >= 0.6 is 11.8 Å². The van der Waals surface area contributed by atoms with Gasteiger partial charge in [-0.15, -0.1) is 0 Å². The molecule has 1 amide bonds. The van der Waals surface area contributed by atoms with Crippen LogP contribution in [0.1, 0.15) is 32.3 Å². The summed E-state index contributed by atoms with van der Waals surface area (Å²) in [6, 6.07) is 3.39. The van der Waals surface area contributed by atoms with E-state index in [0.717, 1.165) is 0 Å². The Bertz CT molecular complexity index is 430. The monoisotopic (exact) mass is 306 g/mol. The van der Waals surface area contributed by atoms with Gasteiger partial charge in [0.15, 0.2) is 0 Å². The number of halogens is 2. The molecule has 0 radical (unpaired) electrons. The van der Waals surface area contributed by atoms with Crippen LogP contribution in [0.3, 0.4) is 0 Å². The lowest BCUT2D eigenvalue weighted by molar-refractivity contribution is -0.121. The Hall–Kier alpha value is -1.08. The molecule has 0 saturated carbocycles. The van der Waals surface area contributed by atoms with Gasteiger partial charge in [-0.3, -0.25) is 4.79 Å². The number of furan rings is 1. The van der Waals surface area contributed by atoms with Crippen LogP contribution in [0.15, 0.2) is 16.5 Å². The number of carbonyl (C=O) groups is 1. The molecular weight excluding hydrogens is 286 g/mol. The molecule has 0 bridgehead atoms. The highest BCUT2D eigenvalue weighted by Crippen LogP contribution is 2.21. The summed E-state index contributed by atoms with van der Waals surface area (Å²) < 4.78 is 29.4. The second-order valence-electron chi connectivity index (χ2n) is 5.34. The second-order valence-corrected chi connectivity index (χ2v) is 6.32. The van der Waals surface area contributed by atoms with Crippen molar-refractivity contribution < 1.29 is 18.0 Å². The van der Waals surface area contributed by atoms with Crippen molar-refractivity contribution in [3.8, 4) is 0 Å². The molecule has 1 heterocycles. The van der Waals surface area contributed by atoms with Crippen molar-refractivity contribution in [1.82, 2.24) is 10.6 Å². The average Bonchev–Trinajstić information content (AvgIpc) is 2.72. The van der Waals surface area contributed by atoms with Crippen molar-refractivity contribution in [1.29, 1.82) is 0 Å². The molecule has 0 fully saturated rings. The molecule has 114 valence electrons. The van der Waals surface area contributed by atoms with Crippen molar-refractivity contribution >= 4 is 17.7 Å². The minimum Gasteiger partial charge on any atom is -0.464 e. The van der Waals surface area contributed by atoms with Crippen LogP contribution in [0.5, 0.6) is 0 Å². The predicted molar refractivity (Wildman–Crippen MR) is 75.6 cm³/mol. The maximum atomic E-state index is 12.0. The van der Waals surface area contributed by atoms with Crippen molar-refractivity contribution in [2.45, 2.75) is 44.4 Å². The Morgan fingerprint density at radius 2 is 2.00 bits per heavy atom. The van der Waals surface area contributed by atoms with Crippen LogP contribution in [-0.2, 0) is 17.1 Å². The second kappa shape index (κ2) is 7.64. The first kappa shape index (κ1) is 17.0. The van der Waals surface area contributed by atoms with Gasteiger partial charge in [0.25, 0.3) is 5.76 Å². The molecule has 0 saturated heterocycles. The fourth-order valence-corrected chi connectivity index (χ4v) is 1.95. The molecular formula is C13H20F2N2O2S. The van der Waals surface area contributed by atoms with Crippen molar-refractivity contribution in [2.24, 2.45) is 0 Å². The zero-order valence-corrected chi connectivity index (χ0v) is 12.7. The fraction of sp³-hybridized carbons (Fsp3) is 0.615. The van der Waals surface area contributed by atoms with Gasteiger partial charge in [-0.25, -0.2) is 0 Å². The summed E-state index contributed by atoms with van der Waals surface area (Å²) in [6.07, 6.45) is 0. The highest BCUT2D eigenvalue weighted by molar-refractivity contribution is 7.98. The Morgan fingerprint density at radius 3 is 2.60 bits per heavy atom. The first-order valence-electron chi connectivity index (χ1n) is 6.25. The zero-order valence-electron chi connectivity index (χ0n) is 11.8. The van der Waals surface area contributed by atoms with Gasteiger partial charge in [-0.05, 0) is 32.9 Å². The van der Waals surface area contributed by atoms with Crippen molar-refractivity contribution in [3.63, 3.8) is 0 Å². The molecule has 1 aromatic rings. The summed E-state index contributed by atoms with van der Waals surface area (Å²) >= 11 is 0.521. The number of carbonyl (C=O) groups excluding carboxylic acids is 1. The lowest BCUT2D eigenvalue weighted by Crippen LogP contribution is -2.44. The number of nitrogens with one attached hydrogen (secondary N) is 2. The molecule has 0 aliphatic rings. The minimum absolute atomic E-state index is 0.0995. The number of hydrogen-bond acceptors (Lipinski definition) is 4. The molecule has 0 unspecified atom stereocenters. The number of alkyl halides is 2. The smallest absolute Gasteiger partial charge is 0.284 e. The van der Waals surface area contributed by atoms with Gasteiger partial charge in [0.05, 0.1) is 18.8 Å². The zero-order chi connectivity index (χ0) is 15.2. The van der Waals surface area contributed by atoms with Gasteiger partial charge in [0.1, 0.15) is 11.5 Å². The lowest BCUT2D eigenvalue weighted by Gasteiger charge is -2.20. The van der Waals surface area contributed by atoms with E-state index in [1.807, 2.05) is 20.8 Å². The topological polar surface area (TPSA) is 54.3 Å². The maximum absolute atomic E-state index is 12.0. The quantitative estimate of drug-likeness (QED) is 0.813. The summed E-state index contributed by atoms with van der Waals surface area (Å²) in [6.45, 7) is 6.29. The SMILES string of the molecule is CC(C)(C)NC(=O)CNCc1ccc(CSC(F)F)o1. The van der Waals surface area contributed by atoms with E-state index in [2.05, 4.69) is 10.6 Å². The summed E-state index contributed by atoms with van der Waals surface area (Å²) in [5.41, 5.74) is -0.261. The standard InChI is InChI=1S/C13H20F2N2O2S/c1-13(2,3)17-11(18)7-16-6-9-4-5-10(19-9)8-20-12(14)15/h4-5,12,16H,6-8H2,1-3H3,(H,17,18). The van der Waals surface area contributed by atoms with Crippen LogP contribution < -0.4 is 10.6 Å². The van der Waals surface area contributed by atoms with E-state index in [1.165, 1.54) is 0 Å². The van der Waals surface area contributed by atoms with Crippen LogP contribution in [0, 0.1) is 0 Å². The summed E-state index contributed by atoms with van der Waals surface area (Å²) in [5.74, 6) is -1.23. The summed E-state index contributed by atoms with van der Waals surface area (Å²) in [7, 11) is 0. The van der Waals surface area contributed by atoms with Gasteiger partial charge >= 0.3 is 0 Å². The molecule has 1 rings (SSSR count). The molecule has 0 aliphatic carbocycles. The van der Waals surface area contributed by atoms with E-state index in [1.54, 1.807) is 12.1 Å². The number of thioether (sulfide) groups is 1. The van der Waals surface area contributed by atoms with Crippen LogP contribution in [0.25, 0.3) is 0 Å². The van der Waals surface area contributed by atoms with Crippen LogP contribution in [0.4, 0.5) is 8.78 Å². The van der Waals surface area contributed by atoms with Gasteiger partial charge in [0, 0.05) is 5.54 Å². The maximum Gasteiger partial charge on any atom is 0.284 e. The van der Waals surface area contributed by atoms with E-state index >= 15 is 0 Å². The predicted octanol–water partition coefficient (Wildman–Crippen LogP) is 2.74. The van der Waals surface area contributed by atoms with Crippen molar-refractivity contribution in [2.75, 3.05) is 6.54 Å². The third kappa shape index (κ3) is 7.49. The molecule has 20 heavy (non-hydrogen) atoms. The average molecular weight is 306 g/mol. The first-order chi connectivity index (χ1) is 9.26. The highest BCUT2D eigenvalue weighted by Gasteiger charge is 2.13. The van der Waals surface area contributed by atoms with Gasteiger partial charge in [-0.1, -0.05) is 11.8 Å². The highest BCUT2D eigenvalue weighted by atomic mass is 32.2. The molecule has 7 heteroatoms. The largest absolute Gasteiger partial charge is 0.464 e. The summed E-state index contributed by atoms with van der Waals surface area (Å²) in [4.78, 5) is 11.5. The number of amides is 1. The molecule has 1 aromatic heterocycles. The molecule has 4 nitrogen and oxygen atoms in total. The Balaban J connectivity index is 2.27. The van der Waals surface area contributed by atoms with E-state index in [4.69, 9.17) is 4.42 Å². The Kier molecular flexibility index (Phi) is 6.48. The van der Waals surface area contributed by atoms with Gasteiger partial charge in [-0.2, -0.15) is 8.78 Å². The van der Waals surface area contributed by atoms with Gasteiger partial charge < -0.3 is 15.1 Å². The molecule has 0 aromatic carbocycles. The van der Waals surface area contributed by atoms with E-state index < -0.39 is 5.76 Å². The van der Waals surface area contributed by atoms with E-state index in [-0.39, 0.29) is 23.7 Å². The molecule has 0 aliphatic heterocycles. The minimum atomic E-state index is -2.40. The Morgan fingerprint density at radius 1 is 1.35 bits per heavy atom.